The molecule has 1 unspecified atom stereocenters. The summed E-state index contributed by atoms with van der Waals surface area (Å²) < 4.78 is 20.8. The molecule has 0 aromatic heterocycles. The van der Waals surface area contributed by atoms with E-state index >= 15 is 0 Å². The average molecular weight is 379 g/mol. The fraction of sp³-hybridized carbons (Fsp3) is 0.333. The van der Waals surface area contributed by atoms with Crippen molar-refractivity contribution in [3.8, 4) is 0 Å². The highest BCUT2D eigenvalue weighted by atomic mass is 79.9. The third-order valence-electron chi connectivity index (χ3n) is 2.21. The first kappa shape index (κ1) is 17.6. The number of rotatable bonds is 5. The Balaban J connectivity index is 3.14. The van der Waals surface area contributed by atoms with Crippen molar-refractivity contribution in [2.45, 2.75) is 13.0 Å². The lowest BCUT2D eigenvalue weighted by Gasteiger charge is -2.11. The second-order valence-corrected chi connectivity index (χ2v) is 6.20. The molecule has 1 rings (SSSR count). The van der Waals surface area contributed by atoms with Crippen LogP contribution >= 0.6 is 39.8 Å². The lowest BCUT2D eigenvalue weighted by Crippen LogP contribution is -2.32. The molecule has 4 nitrogen and oxygen atoms in total. The molecule has 0 aliphatic carbocycles. The first-order valence-corrected chi connectivity index (χ1v) is 8.53. The summed E-state index contributed by atoms with van der Waals surface area (Å²) in [5.74, 6) is -0.318. The molecule has 0 bridgehead atoms. The van der Waals surface area contributed by atoms with Gasteiger partial charge in [0.05, 0.1) is 28.0 Å². The summed E-state index contributed by atoms with van der Waals surface area (Å²) in [5.41, 5.74) is 7.26. The van der Waals surface area contributed by atoms with Crippen LogP contribution in [-0.4, -0.2) is 30.1 Å². The van der Waals surface area contributed by atoms with E-state index in [9.17, 15) is 4.39 Å². The second kappa shape index (κ2) is 8.78. The Morgan fingerprint density at radius 1 is 1.50 bits per heavy atom. The van der Waals surface area contributed by atoms with Crippen molar-refractivity contribution in [2.24, 2.45) is 15.1 Å². The number of halogens is 2. The molecule has 0 fully saturated rings. The highest BCUT2D eigenvalue weighted by Gasteiger charge is 2.14. The largest absolute Gasteiger partial charge is 0.323 e. The van der Waals surface area contributed by atoms with Gasteiger partial charge in [-0.15, -0.1) is 11.8 Å². The minimum Gasteiger partial charge on any atom is -0.323 e. The first-order chi connectivity index (χ1) is 9.49. The summed E-state index contributed by atoms with van der Waals surface area (Å²) in [7, 11) is 1.78. The van der Waals surface area contributed by atoms with Crippen molar-refractivity contribution < 1.29 is 4.39 Å². The summed E-state index contributed by atoms with van der Waals surface area (Å²) >= 11 is 5.80. The van der Waals surface area contributed by atoms with Crippen molar-refractivity contribution in [1.82, 2.24) is 4.72 Å². The number of thioether (sulfide) groups is 1. The quantitative estimate of drug-likeness (QED) is 0.467. The number of aliphatic imine (C=N–C) groups is 1. The zero-order valence-electron chi connectivity index (χ0n) is 11.4. The molecule has 1 aromatic carbocycles. The lowest BCUT2D eigenvalue weighted by molar-refractivity contribution is 0.621. The van der Waals surface area contributed by atoms with Crippen molar-refractivity contribution >= 4 is 56.3 Å². The molecule has 0 spiro atoms. The van der Waals surface area contributed by atoms with E-state index < -0.39 is 0 Å². The third kappa shape index (κ3) is 5.17. The molecule has 0 radical (unpaired) electrons. The molecule has 0 saturated carbocycles. The predicted octanol–water partition coefficient (Wildman–Crippen LogP) is 3.55. The van der Waals surface area contributed by atoms with Crippen LogP contribution in [0.5, 0.6) is 0 Å². The molecule has 20 heavy (non-hydrogen) atoms. The van der Waals surface area contributed by atoms with Gasteiger partial charge in [-0.05, 0) is 54.4 Å². The maximum absolute atomic E-state index is 13.2. The highest BCUT2D eigenvalue weighted by Crippen LogP contribution is 2.23. The summed E-state index contributed by atoms with van der Waals surface area (Å²) in [6.07, 6.45) is 1.90. The Bertz CT molecular complexity index is 520. The molecule has 0 aliphatic rings. The summed E-state index contributed by atoms with van der Waals surface area (Å²) in [6, 6.07) is 4.35. The van der Waals surface area contributed by atoms with Gasteiger partial charge < -0.3 is 5.73 Å². The zero-order chi connectivity index (χ0) is 15.1. The lowest BCUT2D eigenvalue weighted by atomic mass is 10.2. The fourth-order valence-corrected chi connectivity index (χ4v) is 2.80. The Hall–Kier alpha value is -0.410. The van der Waals surface area contributed by atoms with E-state index in [1.807, 2.05) is 13.2 Å². The number of benzene rings is 1. The Labute approximate surface area is 135 Å². The van der Waals surface area contributed by atoms with Crippen molar-refractivity contribution in [1.29, 1.82) is 0 Å². The number of nitrogens with two attached hydrogens (primary N) is 1. The Morgan fingerprint density at radius 2 is 2.20 bits per heavy atom. The van der Waals surface area contributed by atoms with Crippen molar-refractivity contribution in [3.63, 3.8) is 0 Å². The van der Waals surface area contributed by atoms with Gasteiger partial charge in [-0.3, -0.25) is 0 Å². The molecule has 110 valence electrons. The monoisotopic (exact) mass is 378 g/mol. The number of hydrogen-bond acceptors (Lipinski definition) is 6. The molecule has 0 saturated heterocycles. The van der Waals surface area contributed by atoms with Gasteiger partial charge in [-0.2, -0.15) is 0 Å². The van der Waals surface area contributed by atoms with Gasteiger partial charge in [-0.25, -0.2) is 18.5 Å². The third-order valence-corrected chi connectivity index (χ3v) is 3.98. The van der Waals surface area contributed by atoms with E-state index in [2.05, 4.69) is 30.0 Å². The van der Waals surface area contributed by atoms with Crippen LogP contribution in [0.2, 0.25) is 0 Å². The van der Waals surface area contributed by atoms with Gasteiger partial charge in [-0.1, -0.05) is 0 Å². The van der Waals surface area contributed by atoms with E-state index in [1.165, 1.54) is 30.0 Å². The van der Waals surface area contributed by atoms with Gasteiger partial charge in [0.1, 0.15) is 10.9 Å². The van der Waals surface area contributed by atoms with E-state index in [-0.39, 0.29) is 11.9 Å². The minimum atomic E-state index is -0.318. The molecule has 1 atom stereocenters. The van der Waals surface area contributed by atoms with E-state index in [4.69, 9.17) is 5.73 Å². The molecular formula is C12H16BrFN4S2. The van der Waals surface area contributed by atoms with Crippen LogP contribution in [0, 0.1) is 5.82 Å². The zero-order valence-corrected chi connectivity index (χ0v) is 14.6. The maximum atomic E-state index is 13.2. The normalized spacial score (nSPS) is 14.5. The smallest absolute Gasteiger partial charge is 0.137 e. The van der Waals surface area contributed by atoms with Crippen LogP contribution in [0.25, 0.3) is 0 Å². The minimum absolute atomic E-state index is 0.245. The number of nitrogens with zero attached hydrogens (tertiary/aromatic N) is 2. The van der Waals surface area contributed by atoms with Gasteiger partial charge >= 0.3 is 0 Å². The molecule has 3 N–H and O–H groups in total. The van der Waals surface area contributed by atoms with Crippen LogP contribution in [0.15, 0.2) is 32.1 Å². The molecular weight excluding hydrogens is 363 g/mol. The first-order valence-electron chi connectivity index (χ1n) is 5.74. The fourth-order valence-electron chi connectivity index (χ4n) is 1.29. The summed E-state index contributed by atoms with van der Waals surface area (Å²) in [5, 5.41) is 0.709. The van der Waals surface area contributed by atoms with Crippen LogP contribution in [0.3, 0.4) is 0 Å². The van der Waals surface area contributed by atoms with Gasteiger partial charge in [0.2, 0.25) is 0 Å². The molecule has 0 heterocycles. The molecule has 0 amide bonds. The van der Waals surface area contributed by atoms with Gasteiger partial charge in [0, 0.05) is 6.04 Å². The number of hydrogen-bond donors (Lipinski definition) is 2. The summed E-state index contributed by atoms with van der Waals surface area (Å²) in [6.45, 7) is 1.85. The summed E-state index contributed by atoms with van der Waals surface area (Å²) in [4.78, 5) is 4.48. The van der Waals surface area contributed by atoms with Crippen molar-refractivity contribution in [2.75, 3.05) is 13.3 Å². The van der Waals surface area contributed by atoms with E-state index in [1.54, 1.807) is 19.2 Å². The number of nitrogens with one attached hydrogen (secondary N) is 1. The van der Waals surface area contributed by atoms with Crippen LogP contribution in [0.1, 0.15) is 6.92 Å². The van der Waals surface area contributed by atoms with Crippen LogP contribution in [-0.2, 0) is 0 Å². The standard InChI is InChI=1S/C12H16BrFN4S2/c1-7(15)11(18-20-16-2)12(19-3)17-8-4-5-10(14)9(13)6-8/h4-7,16H,15H2,1-3H3/b17-12?,18-11+. The molecule has 8 heteroatoms. The predicted molar refractivity (Wildman–Crippen MR) is 92.4 cm³/mol. The van der Waals surface area contributed by atoms with Crippen molar-refractivity contribution in [3.05, 3.63) is 28.5 Å². The highest BCUT2D eigenvalue weighted by molar-refractivity contribution is 9.10. The van der Waals surface area contributed by atoms with Crippen LogP contribution in [0.4, 0.5) is 10.1 Å². The topological polar surface area (TPSA) is 62.8 Å². The van der Waals surface area contributed by atoms with E-state index in [0.717, 1.165) is 0 Å². The second-order valence-electron chi connectivity index (χ2n) is 3.78. The SMILES string of the molecule is CNS/N=C(/C(=Nc1ccc(F)c(Br)c1)SC)C(C)N. The van der Waals surface area contributed by atoms with E-state index in [0.29, 0.717) is 20.9 Å². The van der Waals surface area contributed by atoms with Crippen LogP contribution < -0.4 is 10.5 Å². The Morgan fingerprint density at radius 3 is 2.70 bits per heavy atom. The maximum Gasteiger partial charge on any atom is 0.137 e. The van der Waals surface area contributed by atoms with Gasteiger partial charge in [0.25, 0.3) is 0 Å². The Kier molecular flexibility index (Phi) is 7.75. The molecule has 1 aromatic rings. The average Bonchev–Trinajstić information content (AvgIpc) is 2.41. The van der Waals surface area contributed by atoms with Gasteiger partial charge in [0.15, 0.2) is 0 Å². The molecule has 0 aliphatic heterocycles.